The topological polar surface area (TPSA) is 47.6 Å². The summed E-state index contributed by atoms with van der Waals surface area (Å²) in [6.45, 7) is 5.01. The Labute approximate surface area is 166 Å². The summed E-state index contributed by atoms with van der Waals surface area (Å²) in [4.78, 5) is 12.5. The molecule has 0 aliphatic heterocycles. The van der Waals surface area contributed by atoms with E-state index in [2.05, 4.69) is 5.32 Å². The van der Waals surface area contributed by atoms with Gasteiger partial charge in [0.1, 0.15) is 5.75 Å². The van der Waals surface area contributed by atoms with E-state index in [1.54, 1.807) is 12.1 Å². The lowest BCUT2D eigenvalue weighted by Gasteiger charge is -2.15. The third kappa shape index (κ3) is 5.87. The van der Waals surface area contributed by atoms with E-state index in [9.17, 15) is 18.0 Å². The van der Waals surface area contributed by atoms with Gasteiger partial charge in [0.15, 0.2) is 0 Å². The van der Waals surface area contributed by atoms with E-state index in [4.69, 9.17) is 21.1 Å². The van der Waals surface area contributed by atoms with E-state index < -0.39 is 17.6 Å². The molecule has 0 spiro atoms. The minimum Gasteiger partial charge on any atom is -0.494 e. The number of benzene rings is 2. The molecule has 4 nitrogen and oxygen atoms in total. The minimum atomic E-state index is -4.65. The summed E-state index contributed by atoms with van der Waals surface area (Å²) >= 11 is 5.66. The molecule has 0 aromatic heterocycles. The number of halogens is 4. The zero-order chi connectivity index (χ0) is 20.7. The molecule has 8 heteroatoms. The van der Waals surface area contributed by atoms with Crippen LogP contribution in [0.2, 0.25) is 5.02 Å². The Morgan fingerprint density at radius 3 is 2.54 bits per heavy atom. The Hall–Kier alpha value is -2.25. The van der Waals surface area contributed by atoms with Crippen molar-refractivity contribution in [3.8, 4) is 5.75 Å². The van der Waals surface area contributed by atoms with Gasteiger partial charge in [0.25, 0.3) is 5.91 Å². The first kappa shape index (κ1) is 22.0. The SMILES string of the molecule is CCCOCc1cc(C(=O)Nc2ccc(Cl)cc2C(F)(F)F)ccc1OCC. The van der Waals surface area contributed by atoms with Crippen LogP contribution in [0.25, 0.3) is 0 Å². The Morgan fingerprint density at radius 2 is 1.89 bits per heavy atom. The van der Waals surface area contributed by atoms with Crippen LogP contribution in [-0.4, -0.2) is 19.1 Å². The third-order valence-corrected chi connectivity index (χ3v) is 4.00. The lowest BCUT2D eigenvalue weighted by molar-refractivity contribution is -0.136. The Morgan fingerprint density at radius 1 is 1.14 bits per heavy atom. The summed E-state index contributed by atoms with van der Waals surface area (Å²) in [6, 6.07) is 7.85. The summed E-state index contributed by atoms with van der Waals surface area (Å²) in [5, 5.41) is 2.24. The van der Waals surface area contributed by atoms with E-state index in [-0.39, 0.29) is 22.9 Å². The second-order valence-corrected chi connectivity index (χ2v) is 6.39. The number of alkyl halides is 3. The molecule has 0 radical (unpaired) electrons. The van der Waals surface area contributed by atoms with Gasteiger partial charge in [0, 0.05) is 22.8 Å². The molecule has 28 heavy (non-hydrogen) atoms. The van der Waals surface area contributed by atoms with Gasteiger partial charge in [-0.3, -0.25) is 4.79 Å². The molecule has 152 valence electrons. The van der Waals surface area contributed by atoms with Crippen molar-refractivity contribution < 1.29 is 27.4 Å². The molecule has 0 unspecified atom stereocenters. The second kappa shape index (κ2) is 9.80. The fourth-order valence-corrected chi connectivity index (χ4v) is 2.68. The van der Waals surface area contributed by atoms with Crippen LogP contribution in [0.3, 0.4) is 0 Å². The van der Waals surface area contributed by atoms with Crippen molar-refractivity contribution in [3.05, 3.63) is 58.1 Å². The average Bonchev–Trinajstić information content (AvgIpc) is 2.64. The summed E-state index contributed by atoms with van der Waals surface area (Å²) in [5.41, 5.74) is -0.526. The van der Waals surface area contributed by atoms with E-state index in [0.29, 0.717) is 24.5 Å². The van der Waals surface area contributed by atoms with Crippen LogP contribution in [0.5, 0.6) is 5.75 Å². The fraction of sp³-hybridized carbons (Fsp3) is 0.350. The quantitative estimate of drug-likeness (QED) is 0.543. The highest BCUT2D eigenvalue weighted by molar-refractivity contribution is 6.30. The van der Waals surface area contributed by atoms with Crippen LogP contribution >= 0.6 is 11.6 Å². The Balaban J connectivity index is 2.28. The molecule has 0 bridgehead atoms. The lowest BCUT2D eigenvalue weighted by Crippen LogP contribution is -2.17. The number of carbonyl (C=O) groups excluding carboxylic acids is 1. The standard InChI is InChI=1S/C20H21ClF3NO3/c1-3-9-27-12-14-10-13(5-8-18(14)28-4-2)19(26)25-17-7-6-15(21)11-16(17)20(22,23)24/h5-8,10-11H,3-4,9,12H2,1-2H3,(H,25,26). The molecular formula is C20H21ClF3NO3. The van der Waals surface area contributed by atoms with E-state index in [1.165, 1.54) is 12.1 Å². The van der Waals surface area contributed by atoms with Crippen molar-refractivity contribution >= 4 is 23.2 Å². The maximum absolute atomic E-state index is 13.2. The van der Waals surface area contributed by atoms with Crippen LogP contribution in [0.15, 0.2) is 36.4 Å². The van der Waals surface area contributed by atoms with Crippen molar-refractivity contribution in [2.75, 3.05) is 18.5 Å². The molecule has 2 aromatic rings. The minimum absolute atomic E-state index is 0.0678. The fourth-order valence-electron chi connectivity index (χ4n) is 2.51. The van der Waals surface area contributed by atoms with E-state index in [1.807, 2.05) is 13.8 Å². The zero-order valence-corrected chi connectivity index (χ0v) is 16.3. The number of hydrogen-bond donors (Lipinski definition) is 1. The van der Waals surface area contributed by atoms with Crippen molar-refractivity contribution in [3.63, 3.8) is 0 Å². The molecule has 2 rings (SSSR count). The van der Waals surface area contributed by atoms with Gasteiger partial charge in [-0.15, -0.1) is 0 Å². The average molecular weight is 416 g/mol. The summed E-state index contributed by atoms with van der Waals surface area (Å²) in [7, 11) is 0. The first-order valence-electron chi connectivity index (χ1n) is 8.77. The third-order valence-electron chi connectivity index (χ3n) is 3.76. The Bertz CT molecular complexity index is 825. The molecule has 0 saturated heterocycles. The first-order chi connectivity index (χ1) is 13.3. The van der Waals surface area contributed by atoms with Gasteiger partial charge in [0.2, 0.25) is 0 Å². The monoisotopic (exact) mass is 415 g/mol. The van der Waals surface area contributed by atoms with Gasteiger partial charge >= 0.3 is 6.18 Å². The van der Waals surface area contributed by atoms with Crippen LogP contribution in [-0.2, 0) is 17.5 Å². The van der Waals surface area contributed by atoms with Crippen LogP contribution in [0, 0.1) is 0 Å². The highest BCUT2D eigenvalue weighted by Gasteiger charge is 2.34. The number of carbonyl (C=O) groups is 1. The second-order valence-electron chi connectivity index (χ2n) is 5.95. The maximum Gasteiger partial charge on any atom is 0.418 e. The molecular weight excluding hydrogens is 395 g/mol. The van der Waals surface area contributed by atoms with Crippen molar-refractivity contribution in [2.45, 2.75) is 33.1 Å². The van der Waals surface area contributed by atoms with Gasteiger partial charge in [-0.05, 0) is 49.7 Å². The van der Waals surface area contributed by atoms with E-state index in [0.717, 1.165) is 18.6 Å². The normalized spacial score (nSPS) is 11.4. The largest absolute Gasteiger partial charge is 0.494 e. The van der Waals surface area contributed by atoms with Gasteiger partial charge in [-0.2, -0.15) is 13.2 Å². The number of ether oxygens (including phenoxy) is 2. The summed E-state index contributed by atoms with van der Waals surface area (Å²) in [6.07, 6.45) is -3.81. The van der Waals surface area contributed by atoms with Gasteiger partial charge in [-0.1, -0.05) is 18.5 Å². The van der Waals surface area contributed by atoms with Gasteiger partial charge in [-0.25, -0.2) is 0 Å². The van der Waals surface area contributed by atoms with Crippen molar-refractivity contribution in [1.29, 1.82) is 0 Å². The Kier molecular flexibility index (Phi) is 7.71. The van der Waals surface area contributed by atoms with Crippen molar-refractivity contribution in [1.82, 2.24) is 0 Å². The number of amides is 1. The smallest absolute Gasteiger partial charge is 0.418 e. The zero-order valence-electron chi connectivity index (χ0n) is 15.5. The number of hydrogen-bond acceptors (Lipinski definition) is 3. The number of anilines is 1. The maximum atomic E-state index is 13.2. The highest BCUT2D eigenvalue weighted by Crippen LogP contribution is 2.36. The number of nitrogens with one attached hydrogen (secondary N) is 1. The molecule has 0 aliphatic carbocycles. The van der Waals surface area contributed by atoms with Crippen LogP contribution in [0.1, 0.15) is 41.8 Å². The molecule has 1 amide bonds. The highest BCUT2D eigenvalue weighted by atomic mass is 35.5. The van der Waals surface area contributed by atoms with E-state index >= 15 is 0 Å². The molecule has 0 heterocycles. The lowest BCUT2D eigenvalue weighted by atomic mass is 10.1. The summed E-state index contributed by atoms with van der Waals surface area (Å²) in [5.74, 6) is -0.106. The van der Waals surface area contributed by atoms with Crippen LogP contribution in [0.4, 0.5) is 18.9 Å². The molecule has 0 aliphatic rings. The predicted octanol–water partition coefficient (Wildman–Crippen LogP) is 5.94. The molecule has 2 aromatic carbocycles. The van der Waals surface area contributed by atoms with Gasteiger partial charge in [0.05, 0.1) is 24.5 Å². The number of rotatable bonds is 8. The molecule has 0 fully saturated rings. The predicted molar refractivity (Wildman–Crippen MR) is 102 cm³/mol. The molecule has 1 N–H and O–H groups in total. The van der Waals surface area contributed by atoms with Crippen molar-refractivity contribution in [2.24, 2.45) is 0 Å². The molecule has 0 saturated carbocycles. The summed E-state index contributed by atoms with van der Waals surface area (Å²) < 4.78 is 50.7. The first-order valence-corrected chi connectivity index (χ1v) is 9.15. The molecule has 0 atom stereocenters. The van der Waals surface area contributed by atoms with Gasteiger partial charge < -0.3 is 14.8 Å². The van der Waals surface area contributed by atoms with Crippen LogP contribution < -0.4 is 10.1 Å².